The van der Waals surface area contributed by atoms with E-state index < -0.39 is 10.0 Å². The molecular weight excluding hydrogens is 237 g/mol. The van der Waals surface area contributed by atoms with E-state index in [0.717, 1.165) is 0 Å². The van der Waals surface area contributed by atoms with Crippen LogP contribution in [-0.4, -0.2) is 13.9 Å². The van der Waals surface area contributed by atoms with E-state index in [0.29, 0.717) is 0 Å². The first-order chi connectivity index (χ1) is 4.61. The summed E-state index contributed by atoms with van der Waals surface area (Å²) >= 11 is 0. The van der Waals surface area contributed by atoms with Gasteiger partial charge in [0.25, 0.3) is 0 Å². The molecule has 0 aromatic heterocycles. The Morgan fingerprint density at radius 3 is 1.62 bits per heavy atom. The van der Waals surface area contributed by atoms with E-state index in [9.17, 15) is 8.42 Å². The standard InChI is InChI=1S/C6H7NO2S.2ClH.H2O/c7-10(8,9)6-4-2-1-3-5-6;;;/h1-5H,(H2,7,8,9);2*1H;1H2. The number of hydrogen-bond donors (Lipinski definition) is 1. The summed E-state index contributed by atoms with van der Waals surface area (Å²) in [5.74, 6) is 0. The van der Waals surface area contributed by atoms with Gasteiger partial charge in [0.1, 0.15) is 0 Å². The molecular formula is C6H11Cl2NO3S. The lowest BCUT2D eigenvalue weighted by Gasteiger charge is -1.93. The van der Waals surface area contributed by atoms with Crippen molar-refractivity contribution in [3.05, 3.63) is 30.3 Å². The Balaban J connectivity index is -0.000000333. The van der Waals surface area contributed by atoms with Crippen molar-refractivity contribution < 1.29 is 13.9 Å². The first-order valence-electron chi connectivity index (χ1n) is 2.68. The molecule has 0 saturated carbocycles. The van der Waals surface area contributed by atoms with E-state index in [4.69, 9.17) is 5.14 Å². The second-order valence-electron chi connectivity index (χ2n) is 1.86. The predicted molar refractivity (Wildman–Crippen MR) is 55.9 cm³/mol. The largest absolute Gasteiger partial charge is 0.412 e. The molecule has 0 spiro atoms. The zero-order valence-electron chi connectivity index (χ0n) is 6.51. The lowest BCUT2D eigenvalue weighted by Crippen LogP contribution is -2.11. The van der Waals surface area contributed by atoms with Crippen LogP contribution in [0.2, 0.25) is 0 Å². The summed E-state index contributed by atoms with van der Waals surface area (Å²) in [6, 6.07) is 7.89. The van der Waals surface area contributed by atoms with Gasteiger partial charge < -0.3 is 5.48 Å². The molecule has 0 bridgehead atoms. The molecule has 4 nitrogen and oxygen atoms in total. The van der Waals surface area contributed by atoms with Crippen molar-refractivity contribution in [2.45, 2.75) is 4.90 Å². The maximum absolute atomic E-state index is 10.6. The van der Waals surface area contributed by atoms with Gasteiger partial charge in [0.15, 0.2) is 0 Å². The molecule has 0 radical (unpaired) electrons. The van der Waals surface area contributed by atoms with Crippen LogP contribution in [0.1, 0.15) is 0 Å². The third-order valence-electron chi connectivity index (χ3n) is 1.07. The Morgan fingerprint density at radius 2 is 1.38 bits per heavy atom. The minimum Gasteiger partial charge on any atom is -0.412 e. The quantitative estimate of drug-likeness (QED) is 0.776. The van der Waals surface area contributed by atoms with Crippen molar-refractivity contribution >= 4 is 34.8 Å². The number of nitrogens with two attached hydrogens (primary N) is 1. The summed E-state index contributed by atoms with van der Waals surface area (Å²) in [5.41, 5.74) is 0. The van der Waals surface area contributed by atoms with Crippen LogP contribution in [-0.2, 0) is 10.0 Å². The predicted octanol–water partition coefficient (Wildman–Crippen LogP) is 0.353. The van der Waals surface area contributed by atoms with Gasteiger partial charge in [-0.25, -0.2) is 13.6 Å². The Morgan fingerprint density at radius 1 is 1.00 bits per heavy atom. The zero-order chi connectivity index (χ0) is 7.61. The van der Waals surface area contributed by atoms with E-state index in [-0.39, 0.29) is 35.2 Å². The molecule has 0 atom stereocenters. The number of sulfonamides is 1. The van der Waals surface area contributed by atoms with Crippen molar-refractivity contribution in [1.29, 1.82) is 0 Å². The van der Waals surface area contributed by atoms with Crippen molar-refractivity contribution in [3.8, 4) is 0 Å². The van der Waals surface area contributed by atoms with Crippen LogP contribution in [0.4, 0.5) is 0 Å². The van der Waals surface area contributed by atoms with Gasteiger partial charge in [-0.2, -0.15) is 0 Å². The lowest BCUT2D eigenvalue weighted by molar-refractivity contribution is 0.598. The second-order valence-corrected chi connectivity index (χ2v) is 3.42. The van der Waals surface area contributed by atoms with Crippen LogP contribution in [0, 0.1) is 0 Å². The van der Waals surface area contributed by atoms with E-state index in [1.165, 1.54) is 12.1 Å². The molecule has 0 aliphatic carbocycles. The molecule has 4 N–H and O–H groups in total. The molecule has 1 aromatic rings. The van der Waals surface area contributed by atoms with Crippen molar-refractivity contribution in [1.82, 2.24) is 0 Å². The Kier molecular flexibility index (Phi) is 10.1. The molecule has 0 saturated heterocycles. The molecule has 1 rings (SSSR count). The van der Waals surface area contributed by atoms with E-state index in [1.54, 1.807) is 18.2 Å². The Labute approximate surface area is 89.3 Å². The average molecular weight is 248 g/mol. The van der Waals surface area contributed by atoms with Crippen LogP contribution in [0.25, 0.3) is 0 Å². The first kappa shape index (κ1) is 18.5. The van der Waals surface area contributed by atoms with Gasteiger partial charge in [0, 0.05) is 0 Å². The van der Waals surface area contributed by atoms with Gasteiger partial charge in [-0.15, -0.1) is 24.8 Å². The van der Waals surface area contributed by atoms with Gasteiger partial charge in [-0.05, 0) is 12.1 Å². The maximum atomic E-state index is 10.6. The van der Waals surface area contributed by atoms with Crippen LogP contribution < -0.4 is 5.14 Å². The molecule has 0 amide bonds. The SMILES string of the molecule is Cl.Cl.NS(=O)(=O)c1ccccc1.O. The Bertz CT molecular complexity index is 314. The van der Waals surface area contributed by atoms with Crippen molar-refractivity contribution in [3.63, 3.8) is 0 Å². The molecule has 0 fully saturated rings. The maximum Gasteiger partial charge on any atom is 0.238 e. The number of hydrogen-bond acceptors (Lipinski definition) is 2. The fourth-order valence-corrected chi connectivity index (χ4v) is 1.15. The molecule has 13 heavy (non-hydrogen) atoms. The molecule has 0 aliphatic rings. The molecule has 0 aliphatic heterocycles. The van der Waals surface area contributed by atoms with Gasteiger partial charge >= 0.3 is 0 Å². The van der Waals surface area contributed by atoms with E-state index >= 15 is 0 Å². The fraction of sp³-hybridized carbons (Fsp3) is 0. The summed E-state index contributed by atoms with van der Waals surface area (Å²) in [4.78, 5) is 0.148. The van der Waals surface area contributed by atoms with Crippen LogP contribution in [0.3, 0.4) is 0 Å². The number of benzene rings is 1. The summed E-state index contributed by atoms with van der Waals surface area (Å²) in [6.45, 7) is 0. The third kappa shape index (κ3) is 5.84. The summed E-state index contributed by atoms with van der Waals surface area (Å²) in [5, 5.41) is 4.83. The van der Waals surface area contributed by atoms with Crippen LogP contribution in [0.5, 0.6) is 0 Å². The van der Waals surface area contributed by atoms with Crippen LogP contribution in [0.15, 0.2) is 35.2 Å². The summed E-state index contributed by atoms with van der Waals surface area (Å²) in [6.07, 6.45) is 0. The fourth-order valence-electron chi connectivity index (χ4n) is 0.610. The minimum absolute atomic E-state index is 0. The van der Waals surface area contributed by atoms with E-state index in [2.05, 4.69) is 0 Å². The highest BCUT2D eigenvalue weighted by Gasteiger charge is 2.03. The minimum atomic E-state index is -3.50. The van der Waals surface area contributed by atoms with Crippen LogP contribution >= 0.6 is 24.8 Å². The number of rotatable bonds is 1. The lowest BCUT2D eigenvalue weighted by atomic mass is 10.4. The van der Waals surface area contributed by atoms with E-state index in [1.807, 2.05) is 0 Å². The normalized spacial score (nSPS) is 8.69. The average Bonchev–Trinajstić information content (AvgIpc) is 1.88. The monoisotopic (exact) mass is 247 g/mol. The number of primary sulfonamides is 1. The summed E-state index contributed by atoms with van der Waals surface area (Å²) < 4.78 is 21.2. The first-order valence-corrected chi connectivity index (χ1v) is 4.23. The third-order valence-corrected chi connectivity index (χ3v) is 2.00. The highest BCUT2D eigenvalue weighted by molar-refractivity contribution is 7.89. The van der Waals surface area contributed by atoms with Gasteiger partial charge in [-0.1, -0.05) is 18.2 Å². The van der Waals surface area contributed by atoms with Crippen molar-refractivity contribution in [2.75, 3.05) is 0 Å². The highest BCUT2D eigenvalue weighted by atomic mass is 35.5. The smallest absolute Gasteiger partial charge is 0.238 e. The van der Waals surface area contributed by atoms with Gasteiger partial charge in [0.05, 0.1) is 4.90 Å². The molecule has 0 unspecified atom stereocenters. The molecule has 78 valence electrons. The Hall–Kier alpha value is -0.330. The topological polar surface area (TPSA) is 91.7 Å². The van der Waals surface area contributed by atoms with Crippen molar-refractivity contribution in [2.24, 2.45) is 5.14 Å². The summed E-state index contributed by atoms with van der Waals surface area (Å²) in [7, 11) is -3.50. The highest BCUT2D eigenvalue weighted by Crippen LogP contribution is 2.02. The molecule has 1 aromatic carbocycles. The zero-order valence-corrected chi connectivity index (χ0v) is 8.95. The molecule has 0 heterocycles. The number of halogens is 2. The van der Waals surface area contributed by atoms with Gasteiger partial charge in [-0.3, -0.25) is 0 Å². The second kappa shape index (κ2) is 7.11. The molecule has 7 heteroatoms. The van der Waals surface area contributed by atoms with Gasteiger partial charge in [0.2, 0.25) is 10.0 Å².